The lowest BCUT2D eigenvalue weighted by Crippen LogP contribution is -3.11. The van der Waals surface area contributed by atoms with Gasteiger partial charge >= 0.3 is 5.63 Å². The number of rotatable bonds is 7. The van der Waals surface area contributed by atoms with Crippen LogP contribution in [0.5, 0.6) is 5.75 Å². The Morgan fingerprint density at radius 3 is 2.72 bits per heavy atom. The van der Waals surface area contributed by atoms with Crippen LogP contribution in [0.4, 0.5) is 5.69 Å². The van der Waals surface area contributed by atoms with Crippen molar-refractivity contribution in [2.24, 2.45) is 0 Å². The summed E-state index contributed by atoms with van der Waals surface area (Å²) in [5.41, 5.74) is 2.37. The monoisotopic (exact) mass is 415 g/mol. The third-order valence-electron chi connectivity index (χ3n) is 4.84. The summed E-state index contributed by atoms with van der Waals surface area (Å²) >= 11 is 6.27. The number of quaternary nitrogens is 1. The van der Waals surface area contributed by atoms with Crippen LogP contribution in [0.3, 0.4) is 0 Å². The number of aryl methyl sites for hydroxylation is 1. The van der Waals surface area contributed by atoms with Crippen molar-refractivity contribution in [2.75, 3.05) is 25.5 Å². The first-order chi connectivity index (χ1) is 13.9. The van der Waals surface area contributed by atoms with Crippen LogP contribution in [0.1, 0.15) is 18.1 Å². The highest BCUT2D eigenvalue weighted by atomic mass is 35.5. The van der Waals surface area contributed by atoms with Crippen LogP contribution >= 0.6 is 11.6 Å². The highest BCUT2D eigenvalue weighted by Crippen LogP contribution is 2.25. The number of benzene rings is 2. The lowest BCUT2D eigenvalue weighted by Gasteiger charge is -2.18. The molecule has 2 aromatic carbocycles. The number of hydrogen-bond donors (Lipinski definition) is 2. The molecule has 7 heteroatoms. The van der Waals surface area contributed by atoms with E-state index in [1.165, 1.54) is 6.07 Å². The van der Waals surface area contributed by atoms with E-state index in [-0.39, 0.29) is 12.5 Å². The Hall–Kier alpha value is -2.83. The highest BCUT2D eigenvalue weighted by Gasteiger charge is 2.18. The summed E-state index contributed by atoms with van der Waals surface area (Å²) in [6.45, 7) is 5.31. The Labute approximate surface area is 174 Å². The fraction of sp³-hybridized carbons (Fsp3) is 0.273. The molecule has 1 heterocycles. The van der Waals surface area contributed by atoms with Gasteiger partial charge in [0.2, 0.25) is 0 Å². The molecule has 3 aromatic rings. The number of ether oxygens (including phenoxy) is 1. The maximum atomic E-state index is 12.6. The molecule has 3 rings (SSSR count). The van der Waals surface area contributed by atoms with Crippen LogP contribution in [0.25, 0.3) is 11.0 Å². The van der Waals surface area contributed by atoms with Crippen molar-refractivity contribution in [3.8, 4) is 5.75 Å². The van der Waals surface area contributed by atoms with E-state index >= 15 is 0 Å². The zero-order valence-corrected chi connectivity index (χ0v) is 17.4. The number of carbonyl (C=O) groups is 1. The van der Waals surface area contributed by atoms with Gasteiger partial charge in [-0.3, -0.25) is 4.79 Å². The van der Waals surface area contributed by atoms with Gasteiger partial charge in [-0.2, -0.15) is 0 Å². The van der Waals surface area contributed by atoms with E-state index in [2.05, 4.69) is 5.32 Å². The predicted molar refractivity (Wildman–Crippen MR) is 114 cm³/mol. The average Bonchev–Trinajstić information content (AvgIpc) is 2.69. The Balaban J connectivity index is 1.80. The molecule has 0 aliphatic rings. The Bertz CT molecular complexity index is 1090. The van der Waals surface area contributed by atoms with E-state index in [1.807, 2.05) is 32.0 Å². The van der Waals surface area contributed by atoms with Gasteiger partial charge < -0.3 is 19.4 Å². The van der Waals surface area contributed by atoms with Gasteiger partial charge in [0, 0.05) is 22.0 Å². The third kappa shape index (κ3) is 4.96. The maximum Gasteiger partial charge on any atom is 0.336 e. The summed E-state index contributed by atoms with van der Waals surface area (Å²) < 4.78 is 10.6. The lowest BCUT2D eigenvalue weighted by atomic mass is 10.1. The number of amides is 1. The molecule has 0 spiro atoms. The number of halogens is 1. The molecule has 0 bridgehead atoms. The van der Waals surface area contributed by atoms with Crippen molar-refractivity contribution in [1.29, 1.82) is 0 Å². The van der Waals surface area contributed by atoms with Crippen LogP contribution in [0.2, 0.25) is 5.02 Å². The second kappa shape index (κ2) is 9.11. The van der Waals surface area contributed by atoms with Crippen molar-refractivity contribution >= 4 is 34.2 Å². The molecule has 6 nitrogen and oxygen atoms in total. The van der Waals surface area contributed by atoms with Crippen LogP contribution in [0, 0.1) is 6.92 Å². The molecule has 1 aromatic heterocycles. The molecule has 0 aliphatic carbocycles. The fourth-order valence-corrected chi connectivity index (χ4v) is 3.41. The highest BCUT2D eigenvalue weighted by molar-refractivity contribution is 6.32. The number of fused-ring (bicyclic) bond motifs is 1. The molecule has 2 N–H and O–H groups in total. The minimum Gasteiger partial charge on any atom is -0.495 e. The van der Waals surface area contributed by atoms with E-state index in [0.29, 0.717) is 35.1 Å². The molecule has 0 saturated carbocycles. The van der Waals surface area contributed by atoms with Gasteiger partial charge in [-0.15, -0.1) is 0 Å². The minimum atomic E-state index is -0.414. The summed E-state index contributed by atoms with van der Waals surface area (Å²) in [6.07, 6.45) is 0. The molecule has 0 aliphatic heterocycles. The quantitative estimate of drug-likeness (QED) is 0.582. The summed E-state index contributed by atoms with van der Waals surface area (Å²) in [5, 5.41) is 4.29. The Morgan fingerprint density at radius 2 is 2.00 bits per heavy atom. The van der Waals surface area contributed by atoms with Crippen LogP contribution in [0.15, 0.2) is 51.7 Å². The molecule has 29 heavy (non-hydrogen) atoms. The number of methoxy groups -OCH3 is 1. The average molecular weight is 416 g/mol. The van der Waals surface area contributed by atoms with Crippen molar-refractivity contribution in [1.82, 2.24) is 0 Å². The van der Waals surface area contributed by atoms with Gasteiger partial charge in [-0.1, -0.05) is 23.7 Å². The first kappa shape index (κ1) is 20.9. The summed E-state index contributed by atoms with van der Waals surface area (Å²) in [4.78, 5) is 25.6. The van der Waals surface area contributed by atoms with E-state index in [0.717, 1.165) is 21.4 Å². The van der Waals surface area contributed by atoms with Gasteiger partial charge in [-0.05, 0) is 43.7 Å². The molecular formula is C22H24ClN2O4+. The number of hydrogen-bond acceptors (Lipinski definition) is 4. The second-order valence-corrected chi connectivity index (χ2v) is 7.30. The van der Waals surface area contributed by atoms with Gasteiger partial charge in [0.05, 0.1) is 19.3 Å². The van der Waals surface area contributed by atoms with Gasteiger partial charge in [0.25, 0.3) is 5.91 Å². The number of carbonyl (C=O) groups excluding carboxylic acids is 1. The maximum absolute atomic E-state index is 12.6. The third-order valence-corrected chi connectivity index (χ3v) is 5.25. The van der Waals surface area contributed by atoms with E-state index in [1.54, 1.807) is 25.3 Å². The molecular weight excluding hydrogens is 392 g/mol. The van der Waals surface area contributed by atoms with Crippen molar-refractivity contribution in [2.45, 2.75) is 20.4 Å². The van der Waals surface area contributed by atoms with Gasteiger partial charge in [0.1, 0.15) is 17.9 Å². The molecule has 0 saturated heterocycles. The lowest BCUT2D eigenvalue weighted by molar-refractivity contribution is -0.903. The van der Waals surface area contributed by atoms with Crippen LogP contribution in [-0.2, 0) is 11.3 Å². The van der Waals surface area contributed by atoms with Crippen LogP contribution < -0.4 is 20.6 Å². The van der Waals surface area contributed by atoms with Crippen molar-refractivity contribution < 1.29 is 18.8 Å². The molecule has 1 amide bonds. The predicted octanol–water partition coefficient (Wildman–Crippen LogP) is 2.81. The zero-order chi connectivity index (χ0) is 21.0. The zero-order valence-electron chi connectivity index (χ0n) is 16.7. The van der Waals surface area contributed by atoms with Crippen LogP contribution in [-0.4, -0.2) is 26.1 Å². The van der Waals surface area contributed by atoms with Gasteiger partial charge in [-0.25, -0.2) is 4.79 Å². The standard InChI is InChI=1S/C22H23ClN2O4/c1-4-25(13-21(26)24-18-7-5-6-8-19(18)28-3)12-15-10-22(27)29-20-9-14(2)17(23)11-16(15)20/h5-11H,4,12-13H2,1-3H3,(H,24,26)/p+1. The number of anilines is 1. The number of nitrogens with one attached hydrogen (secondary N) is 2. The fourth-order valence-electron chi connectivity index (χ4n) is 3.25. The Kier molecular flexibility index (Phi) is 6.56. The summed E-state index contributed by atoms with van der Waals surface area (Å²) in [7, 11) is 1.56. The number of para-hydroxylation sites is 2. The summed E-state index contributed by atoms with van der Waals surface area (Å²) in [6, 6.07) is 12.3. The normalized spacial score (nSPS) is 12.0. The minimum absolute atomic E-state index is 0.132. The van der Waals surface area contributed by atoms with E-state index < -0.39 is 5.63 Å². The SMILES string of the molecule is CC[NH+](CC(=O)Nc1ccccc1OC)Cc1cc(=O)oc2cc(C)c(Cl)cc12. The molecule has 0 fully saturated rings. The first-order valence-corrected chi connectivity index (χ1v) is 9.78. The smallest absolute Gasteiger partial charge is 0.336 e. The van der Waals surface area contributed by atoms with E-state index in [4.69, 9.17) is 20.8 Å². The largest absolute Gasteiger partial charge is 0.495 e. The number of likely N-dealkylation sites (N-methyl/N-ethyl adjacent to an activating group) is 1. The molecule has 1 atom stereocenters. The van der Waals surface area contributed by atoms with E-state index in [9.17, 15) is 9.59 Å². The topological polar surface area (TPSA) is 73.0 Å². The molecule has 152 valence electrons. The first-order valence-electron chi connectivity index (χ1n) is 9.40. The van der Waals surface area contributed by atoms with Crippen molar-refractivity contribution in [3.05, 3.63) is 69.0 Å². The second-order valence-electron chi connectivity index (χ2n) is 6.89. The van der Waals surface area contributed by atoms with Gasteiger partial charge in [0.15, 0.2) is 6.54 Å². The molecule has 0 radical (unpaired) electrons. The van der Waals surface area contributed by atoms with Crippen molar-refractivity contribution in [3.63, 3.8) is 0 Å². The summed E-state index contributed by atoms with van der Waals surface area (Å²) in [5.74, 6) is 0.475. The molecule has 1 unspecified atom stereocenters. The Morgan fingerprint density at radius 1 is 1.24 bits per heavy atom.